The van der Waals surface area contributed by atoms with Gasteiger partial charge in [-0.2, -0.15) is 0 Å². The Morgan fingerprint density at radius 2 is 1.38 bits per heavy atom. The number of likely N-dealkylation sites (tertiary alicyclic amines) is 1. The second-order valence-corrected chi connectivity index (χ2v) is 11.2. The molecule has 3 fully saturated rings. The van der Waals surface area contributed by atoms with Crippen molar-refractivity contribution in [1.29, 1.82) is 0 Å². The van der Waals surface area contributed by atoms with Crippen LogP contribution in [0.25, 0.3) is 0 Å². The molecule has 0 radical (unpaired) electrons. The quantitative estimate of drug-likeness (QED) is 0.322. The van der Waals surface area contributed by atoms with Gasteiger partial charge in [-0.3, -0.25) is 19.3 Å². The zero-order valence-corrected chi connectivity index (χ0v) is 22.1. The molecular weight excluding hydrogens is 504 g/mol. The molecule has 1 N–H and O–H groups in total. The number of anilines is 1. The zero-order valence-electron chi connectivity index (χ0n) is 22.1. The minimum absolute atomic E-state index is 0.111. The first kappa shape index (κ1) is 24.6. The minimum atomic E-state index is -0.932. The van der Waals surface area contributed by atoms with E-state index in [9.17, 15) is 14.4 Å². The molecule has 1 saturated heterocycles. The number of nitrogens with zero attached hydrogens (tertiary/aromatic N) is 1. The van der Waals surface area contributed by atoms with Gasteiger partial charge in [-0.05, 0) is 84.2 Å². The van der Waals surface area contributed by atoms with Gasteiger partial charge in [0.05, 0.1) is 18.9 Å². The van der Waals surface area contributed by atoms with Crippen molar-refractivity contribution < 1.29 is 23.9 Å². The number of imide groups is 1. The number of allylic oxidation sites excluding steroid dienone is 2. The summed E-state index contributed by atoms with van der Waals surface area (Å²) in [5.74, 6) is 1.80. The van der Waals surface area contributed by atoms with Crippen molar-refractivity contribution in [2.45, 2.75) is 18.9 Å². The third kappa shape index (κ3) is 4.17. The van der Waals surface area contributed by atoms with E-state index in [-0.39, 0.29) is 47.8 Å². The average molecular weight is 535 g/mol. The maximum absolute atomic E-state index is 13.8. The van der Waals surface area contributed by atoms with Gasteiger partial charge in [-0.25, -0.2) is 0 Å². The topological polar surface area (TPSA) is 84.9 Å². The summed E-state index contributed by atoms with van der Waals surface area (Å²) >= 11 is 0. The van der Waals surface area contributed by atoms with Gasteiger partial charge in [-0.15, -0.1) is 0 Å². The number of methoxy groups -OCH3 is 1. The molecule has 0 spiro atoms. The number of carbonyl (C=O) groups is 3. The third-order valence-electron chi connectivity index (χ3n) is 9.00. The summed E-state index contributed by atoms with van der Waals surface area (Å²) in [5, 5.41) is 2.95. The van der Waals surface area contributed by atoms with Crippen molar-refractivity contribution >= 4 is 23.4 Å². The molecule has 2 saturated carbocycles. The van der Waals surface area contributed by atoms with Crippen LogP contribution in [0.4, 0.5) is 5.69 Å². The highest BCUT2D eigenvalue weighted by atomic mass is 16.5. The number of hydrogen-bond donors (Lipinski definition) is 1. The molecule has 5 aliphatic rings. The molecule has 7 heteroatoms. The Morgan fingerprint density at radius 1 is 0.825 bits per heavy atom. The molecule has 3 amide bonds. The lowest BCUT2D eigenvalue weighted by Gasteiger charge is -2.37. The van der Waals surface area contributed by atoms with E-state index in [4.69, 9.17) is 9.47 Å². The maximum atomic E-state index is 13.8. The Morgan fingerprint density at radius 3 is 1.95 bits per heavy atom. The van der Waals surface area contributed by atoms with Gasteiger partial charge in [0.2, 0.25) is 17.7 Å². The highest BCUT2D eigenvalue weighted by Gasteiger charge is 2.67. The van der Waals surface area contributed by atoms with Gasteiger partial charge in [0.1, 0.15) is 23.3 Å². The highest BCUT2D eigenvalue weighted by Crippen LogP contribution is 2.65. The standard InChI is InChI=1S/C33H30N2O5/c1-39-21-11-13-23(14-12-21)40-22-9-7-20(8-10-22)34-31(36)28(17-19-5-3-2-4-6-19)35-32(37)29-24-15-16-25(27-18-26(24)27)30(29)33(35)38/h2-16,24-30H,17-18H2,1H3,(H,34,36)/t24-,25-,26-,27+,28-,29-,30+/m0/s1. The molecular formula is C33H30N2O5. The van der Waals surface area contributed by atoms with E-state index in [1.807, 2.05) is 54.6 Å². The van der Waals surface area contributed by atoms with Gasteiger partial charge >= 0.3 is 0 Å². The van der Waals surface area contributed by atoms with Crippen LogP contribution in [0.3, 0.4) is 0 Å². The first-order valence-electron chi connectivity index (χ1n) is 13.8. The predicted molar refractivity (Wildman–Crippen MR) is 149 cm³/mol. The smallest absolute Gasteiger partial charge is 0.248 e. The van der Waals surface area contributed by atoms with E-state index in [0.29, 0.717) is 29.0 Å². The molecule has 7 nitrogen and oxygen atoms in total. The molecule has 202 valence electrons. The first-order valence-corrected chi connectivity index (χ1v) is 13.8. The molecule has 3 aromatic carbocycles. The second-order valence-electron chi connectivity index (χ2n) is 11.2. The fourth-order valence-electron chi connectivity index (χ4n) is 7.04. The van der Waals surface area contributed by atoms with Gasteiger partial charge < -0.3 is 14.8 Å². The lowest BCUT2D eigenvalue weighted by atomic mass is 9.63. The predicted octanol–water partition coefficient (Wildman–Crippen LogP) is 5.09. The van der Waals surface area contributed by atoms with Crippen LogP contribution in [0.15, 0.2) is 91.0 Å². The summed E-state index contributed by atoms with van der Waals surface area (Å²) in [6, 6.07) is 22.9. The molecule has 1 heterocycles. The molecule has 1 aliphatic heterocycles. The average Bonchev–Trinajstić information content (AvgIpc) is 3.77. The van der Waals surface area contributed by atoms with Crippen LogP contribution in [0, 0.1) is 35.5 Å². The van der Waals surface area contributed by atoms with Crippen molar-refractivity contribution in [3.8, 4) is 17.2 Å². The van der Waals surface area contributed by atoms with Crippen LogP contribution >= 0.6 is 0 Å². The summed E-state index contributed by atoms with van der Waals surface area (Å²) in [5.41, 5.74) is 1.45. The number of hydrogen-bond acceptors (Lipinski definition) is 5. The summed E-state index contributed by atoms with van der Waals surface area (Å²) in [4.78, 5) is 42.7. The number of nitrogens with one attached hydrogen (secondary N) is 1. The second kappa shape index (κ2) is 9.66. The van der Waals surface area contributed by atoms with Crippen molar-refractivity contribution in [2.75, 3.05) is 12.4 Å². The number of ether oxygens (including phenoxy) is 2. The molecule has 0 unspecified atom stereocenters. The summed E-state index contributed by atoms with van der Waals surface area (Å²) in [6.45, 7) is 0. The molecule has 3 aromatic rings. The highest BCUT2D eigenvalue weighted by molar-refractivity contribution is 6.10. The van der Waals surface area contributed by atoms with E-state index in [2.05, 4.69) is 17.5 Å². The maximum Gasteiger partial charge on any atom is 0.248 e. The van der Waals surface area contributed by atoms with E-state index in [1.165, 1.54) is 4.90 Å². The van der Waals surface area contributed by atoms with Crippen LogP contribution < -0.4 is 14.8 Å². The monoisotopic (exact) mass is 534 g/mol. The Bertz CT molecular complexity index is 1450. The fraction of sp³-hybridized carbons (Fsp3) is 0.303. The lowest BCUT2D eigenvalue weighted by Crippen LogP contribution is -2.49. The number of rotatable bonds is 8. The van der Waals surface area contributed by atoms with Crippen LogP contribution in [-0.2, 0) is 20.8 Å². The Hall–Kier alpha value is -4.39. The number of carbonyl (C=O) groups excluding carboxylic acids is 3. The molecule has 40 heavy (non-hydrogen) atoms. The van der Waals surface area contributed by atoms with E-state index >= 15 is 0 Å². The van der Waals surface area contributed by atoms with Crippen molar-refractivity contribution in [2.24, 2.45) is 35.5 Å². The zero-order chi connectivity index (χ0) is 27.4. The van der Waals surface area contributed by atoms with Crippen molar-refractivity contribution in [3.05, 3.63) is 96.6 Å². The number of amides is 3. The van der Waals surface area contributed by atoms with Crippen LogP contribution in [-0.4, -0.2) is 35.8 Å². The molecule has 2 bridgehead atoms. The van der Waals surface area contributed by atoms with Crippen LogP contribution in [0.1, 0.15) is 12.0 Å². The Balaban J connectivity index is 1.11. The van der Waals surface area contributed by atoms with E-state index < -0.39 is 6.04 Å². The molecule has 7 atom stereocenters. The number of benzene rings is 3. The van der Waals surface area contributed by atoms with Gasteiger partial charge in [-0.1, -0.05) is 42.5 Å². The molecule has 8 rings (SSSR count). The third-order valence-corrected chi connectivity index (χ3v) is 9.00. The van der Waals surface area contributed by atoms with Crippen LogP contribution in [0.2, 0.25) is 0 Å². The Labute approximate surface area is 232 Å². The van der Waals surface area contributed by atoms with Crippen molar-refractivity contribution in [1.82, 2.24) is 4.90 Å². The summed E-state index contributed by atoms with van der Waals surface area (Å²) < 4.78 is 11.1. The normalized spacial score (nSPS) is 28.1. The van der Waals surface area contributed by atoms with Gasteiger partial charge in [0.25, 0.3) is 0 Å². The minimum Gasteiger partial charge on any atom is -0.497 e. The van der Waals surface area contributed by atoms with E-state index in [1.54, 1.807) is 31.4 Å². The molecule has 0 aromatic heterocycles. The lowest BCUT2D eigenvalue weighted by molar-refractivity contribution is -0.146. The summed E-state index contributed by atoms with van der Waals surface area (Å²) in [7, 11) is 1.61. The van der Waals surface area contributed by atoms with Gasteiger partial charge in [0, 0.05) is 12.1 Å². The van der Waals surface area contributed by atoms with Gasteiger partial charge in [0.15, 0.2) is 0 Å². The fourth-order valence-corrected chi connectivity index (χ4v) is 7.04. The van der Waals surface area contributed by atoms with E-state index in [0.717, 1.165) is 17.7 Å². The summed E-state index contributed by atoms with van der Waals surface area (Å²) in [6.07, 6.45) is 5.66. The first-order chi connectivity index (χ1) is 19.5. The SMILES string of the molecule is COc1ccc(Oc2ccc(NC(=O)[C@H](Cc3ccccc3)N3C(=O)[C@@H]4[C@H]5C=C[C@@H]([C@@H]6C[C@H]56)[C@@H]4C3=O)cc2)cc1. The van der Waals surface area contributed by atoms with Crippen molar-refractivity contribution in [3.63, 3.8) is 0 Å². The van der Waals surface area contributed by atoms with Crippen LogP contribution in [0.5, 0.6) is 17.2 Å². The molecule has 4 aliphatic carbocycles. The Kier molecular flexibility index (Phi) is 5.95. The largest absolute Gasteiger partial charge is 0.497 e.